The molecule has 2 unspecified atom stereocenters. The monoisotopic (exact) mass is 336 g/mol. The average Bonchev–Trinajstić information content (AvgIpc) is 2.58. The van der Waals surface area contributed by atoms with E-state index >= 15 is 0 Å². The van der Waals surface area contributed by atoms with Gasteiger partial charge in [0.25, 0.3) is 0 Å². The Hall–Kier alpha value is -0.440. The van der Waals surface area contributed by atoms with E-state index in [-0.39, 0.29) is 26.4 Å². The van der Waals surface area contributed by atoms with Gasteiger partial charge in [0.2, 0.25) is 0 Å². The minimum absolute atomic E-state index is 0.365. The Morgan fingerprint density at radius 2 is 0.636 bits per heavy atom. The predicted octanol–water partition coefficient (Wildman–Crippen LogP) is -6.28. The zero-order valence-electron chi connectivity index (χ0n) is 12.0. The molecule has 11 heteroatoms. The van der Waals surface area contributed by atoms with Gasteiger partial charge < -0.3 is 56.2 Å². The summed E-state index contributed by atoms with van der Waals surface area (Å²) in [5.41, 5.74) is 0. The van der Waals surface area contributed by atoms with E-state index in [4.69, 9.17) is 56.2 Å². The molecular formula is C11H28O11. The van der Waals surface area contributed by atoms with Gasteiger partial charge in [0, 0.05) is 0 Å². The zero-order valence-corrected chi connectivity index (χ0v) is 12.0. The van der Waals surface area contributed by atoms with Crippen molar-refractivity contribution in [1.82, 2.24) is 0 Å². The van der Waals surface area contributed by atoms with Gasteiger partial charge in [0.15, 0.2) is 0 Å². The van der Waals surface area contributed by atoms with Crippen molar-refractivity contribution in [2.45, 2.75) is 30.5 Å². The highest BCUT2D eigenvalue weighted by Crippen LogP contribution is 1.98. The molecule has 0 heterocycles. The Bertz CT molecular complexity index is 178. The van der Waals surface area contributed by atoms with E-state index in [1.807, 2.05) is 0 Å². The van der Waals surface area contributed by atoms with E-state index in [9.17, 15) is 0 Å². The van der Waals surface area contributed by atoms with Crippen molar-refractivity contribution in [2.24, 2.45) is 0 Å². The van der Waals surface area contributed by atoms with Gasteiger partial charge in [-0.1, -0.05) is 0 Å². The molecule has 0 aliphatic carbocycles. The molecule has 0 aromatic rings. The standard InChI is InChI=1S/C5H12O5.2C3H8O3/c6-1-3(8)5(10)4(9)2-7;2*4-1-3(6)2-5/h3-10H,1-2H2;2*3-6H,1-2H2. The first-order valence-corrected chi connectivity index (χ1v) is 6.30. The van der Waals surface area contributed by atoms with Crippen LogP contribution in [0.5, 0.6) is 0 Å². The molecule has 0 amide bonds. The molecule has 0 radical (unpaired) electrons. The predicted molar refractivity (Wildman–Crippen MR) is 72.5 cm³/mol. The molecule has 0 aromatic heterocycles. The third kappa shape index (κ3) is 17.6. The first kappa shape index (κ1) is 26.5. The summed E-state index contributed by atoms with van der Waals surface area (Å²) in [5, 5.41) is 90.6. The van der Waals surface area contributed by atoms with Gasteiger partial charge in [-0.15, -0.1) is 0 Å². The fourth-order valence-electron chi connectivity index (χ4n) is 0.588. The molecule has 138 valence electrons. The Kier molecular flexibility index (Phi) is 22.4. The van der Waals surface area contributed by atoms with Crippen LogP contribution in [-0.4, -0.2) is 126 Å². The van der Waals surface area contributed by atoms with Crippen molar-refractivity contribution in [3.05, 3.63) is 0 Å². The van der Waals surface area contributed by atoms with Gasteiger partial charge in [-0.25, -0.2) is 0 Å². The third-order valence-electron chi connectivity index (χ3n) is 2.01. The fourth-order valence-corrected chi connectivity index (χ4v) is 0.588. The summed E-state index contributed by atoms with van der Waals surface area (Å²) in [6, 6.07) is 0. The molecular weight excluding hydrogens is 308 g/mol. The summed E-state index contributed by atoms with van der Waals surface area (Å²) in [6.45, 7) is -2.74. The highest BCUT2D eigenvalue weighted by atomic mass is 16.4. The van der Waals surface area contributed by atoms with Crippen LogP contribution in [0.15, 0.2) is 0 Å². The summed E-state index contributed by atoms with van der Waals surface area (Å²) < 4.78 is 0. The quantitative estimate of drug-likeness (QED) is 0.200. The second kappa shape index (κ2) is 18.6. The highest BCUT2D eigenvalue weighted by molar-refractivity contribution is 4.73. The molecule has 0 saturated carbocycles. The molecule has 0 aromatic carbocycles. The van der Waals surface area contributed by atoms with Crippen LogP contribution >= 0.6 is 0 Å². The van der Waals surface area contributed by atoms with E-state index in [1.54, 1.807) is 0 Å². The van der Waals surface area contributed by atoms with E-state index in [0.29, 0.717) is 0 Å². The molecule has 0 spiro atoms. The number of aliphatic hydroxyl groups is 11. The summed E-state index contributed by atoms with van der Waals surface area (Å²) in [4.78, 5) is 0. The SMILES string of the molecule is OCC(O)C(O)C(O)CO.OCC(O)CO.OCC(O)CO. The van der Waals surface area contributed by atoms with Crippen LogP contribution in [-0.2, 0) is 0 Å². The van der Waals surface area contributed by atoms with Crippen molar-refractivity contribution in [1.29, 1.82) is 0 Å². The number of hydrogen-bond acceptors (Lipinski definition) is 11. The Morgan fingerprint density at radius 3 is 0.727 bits per heavy atom. The van der Waals surface area contributed by atoms with Gasteiger partial charge in [-0.2, -0.15) is 0 Å². The minimum Gasteiger partial charge on any atom is -0.394 e. The van der Waals surface area contributed by atoms with E-state index in [0.717, 1.165) is 0 Å². The molecule has 0 bridgehead atoms. The van der Waals surface area contributed by atoms with Crippen LogP contribution in [0.25, 0.3) is 0 Å². The lowest BCUT2D eigenvalue weighted by molar-refractivity contribution is -0.0900. The van der Waals surface area contributed by atoms with Gasteiger partial charge in [-0.3, -0.25) is 0 Å². The van der Waals surface area contributed by atoms with Crippen LogP contribution in [0.3, 0.4) is 0 Å². The van der Waals surface area contributed by atoms with Crippen molar-refractivity contribution in [2.75, 3.05) is 39.6 Å². The molecule has 2 atom stereocenters. The lowest BCUT2D eigenvalue weighted by atomic mass is 10.1. The van der Waals surface area contributed by atoms with Crippen molar-refractivity contribution in [3.8, 4) is 0 Å². The number of hydrogen-bond donors (Lipinski definition) is 11. The Labute approximate surface area is 127 Å². The van der Waals surface area contributed by atoms with Gasteiger partial charge in [0.05, 0.1) is 39.6 Å². The second-order valence-electron chi connectivity index (χ2n) is 4.03. The van der Waals surface area contributed by atoms with Crippen LogP contribution < -0.4 is 0 Å². The smallest absolute Gasteiger partial charge is 0.110 e. The number of aliphatic hydroxyl groups excluding tert-OH is 11. The zero-order chi connectivity index (χ0) is 18.1. The lowest BCUT2D eigenvalue weighted by Gasteiger charge is -2.19. The Morgan fingerprint density at radius 1 is 0.409 bits per heavy atom. The normalized spacial score (nSPS) is 14.6. The Balaban J connectivity index is -0.000000261. The maximum atomic E-state index is 8.77. The van der Waals surface area contributed by atoms with Crippen molar-refractivity contribution in [3.63, 3.8) is 0 Å². The summed E-state index contributed by atoms with van der Waals surface area (Å²) in [7, 11) is 0. The first-order chi connectivity index (χ1) is 10.2. The molecule has 0 aliphatic rings. The maximum absolute atomic E-state index is 8.77. The molecule has 0 saturated heterocycles. The minimum atomic E-state index is -1.49. The highest BCUT2D eigenvalue weighted by Gasteiger charge is 2.22. The molecule has 0 aliphatic heterocycles. The second-order valence-corrected chi connectivity index (χ2v) is 4.03. The van der Waals surface area contributed by atoms with Crippen LogP contribution in [0.1, 0.15) is 0 Å². The number of rotatable bonds is 8. The lowest BCUT2D eigenvalue weighted by Crippen LogP contribution is -2.41. The summed E-state index contributed by atoms with van der Waals surface area (Å²) >= 11 is 0. The van der Waals surface area contributed by atoms with E-state index in [1.165, 1.54) is 0 Å². The van der Waals surface area contributed by atoms with Crippen molar-refractivity contribution >= 4 is 0 Å². The topological polar surface area (TPSA) is 223 Å². The van der Waals surface area contributed by atoms with Crippen LogP contribution in [0.4, 0.5) is 0 Å². The van der Waals surface area contributed by atoms with Gasteiger partial charge in [0.1, 0.15) is 30.5 Å². The fraction of sp³-hybridized carbons (Fsp3) is 1.00. The molecule has 0 rings (SSSR count). The summed E-state index contributed by atoms with van der Waals surface area (Å²) in [6.07, 6.45) is -6.20. The molecule has 22 heavy (non-hydrogen) atoms. The third-order valence-corrected chi connectivity index (χ3v) is 2.01. The van der Waals surface area contributed by atoms with Crippen molar-refractivity contribution < 1.29 is 56.2 Å². The molecule has 11 nitrogen and oxygen atoms in total. The molecule has 11 N–H and O–H groups in total. The summed E-state index contributed by atoms with van der Waals surface area (Å²) in [5.74, 6) is 0. The van der Waals surface area contributed by atoms with Crippen LogP contribution in [0.2, 0.25) is 0 Å². The van der Waals surface area contributed by atoms with E-state index in [2.05, 4.69) is 0 Å². The first-order valence-electron chi connectivity index (χ1n) is 6.30. The van der Waals surface area contributed by atoms with Gasteiger partial charge in [-0.05, 0) is 0 Å². The maximum Gasteiger partial charge on any atom is 0.110 e. The largest absolute Gasteiger partial charge is 0.394 e. The average molecular weight is 336 g/mol. The molecule has 0 fully saturated rings. The van der Waals surface area contributed by atoms with Crippen LogP contribution in [0, 0.1) is 0 Å². The van der Waals surface area contributed by atoms with E-state index < -0.39 is 43.7 Å². The van der Waals surface area contributed by atoms with Gasteiger partial charge >= 0.3 is 0 Å².